The van der Waals surface area contributed by atoms with Gasteiger partial charge in [0.25, 0.3) is 0 Å². The van der Waals surface area contributed by atoms with Gasteiger partial charge in [-0.25, -0.2) is 9.97 Å². The molecule has 19 heavy (non-hydrogen) atoms. The van der Waals surface area contributed by atoms with E-state index in [9.17, 15) is 0 Å². The summed E-state index contributed by atoms with van der Waals surface area (Å²) in [6.07, 6.45) is 3.78. The van der Waals surface area contributed by atoms with Crippen molar-refractivity contribution < 1.29 is 5.11 Å². The highest BCUT2D eigenvalue weighted by molar-refractivity contribution is 5.61. The largest absolute Gasteiger partial charge is 0.395 e. The second-order valence-electron chi connectivity index (χ2n) is 4.40. The van der Waals surface area contributed by atoms with Crippen LogP contribution in [0.4, 0.5) is 17.3 Å². The number of aromatic amines is 1. The third-order valence-corrected chi connectivity index (χ3v) is 2.95. The molecule has 2 aromatic heterocycles. The summed E-state index contributed by atoms with van der Waals surface area (Å²) in [6, 6.07) is 3.89. The number of likely N-dealkylation sites (N-methyl/N-ethyl adjacent to an activating group) is 1. The number of nitrogens with one attached hydrogen (secondary N) is 1. The number of H-pyrrole nitrogens is 1. The predicted molar refractivity (Wildman–Crippen MR) is 76.0 cm³/mol. The molecule has 0 saturated heterocycles. The molecule has 0 aliphatic rings. The summed E-state index contributed by atoms with van der Waals surface area (Å²) in [5.74, 6) is 2.34. The molecule has 0 fully saturated rings. The van der Waals surface area contributed by atoms with Crippen molar-refractivity contribution in [2.24, 2.45) is 0 Å². The van der Waals surface area contributed by atoms with Crippen LogP contribution in [0.1, 0.15) is 5.82 Å². The van der Waals surface area contributed by atoms with Crippen molar-refractivity contribution in [3.63, 3.8) is 0 Å². The standard InChI is InChI=1S/C13H19N5O/c1-10-15-12(17(2)6-7-19)8-13(16-10)18(3)11-4-5-14-9-11/h4-5,8-9,14,19H,6-7H2,1-3H3. The summed E-state index contributed by atoms with van der Waals surface area (Å²) in [5.41, 5.74) is 1.04. The minimum absolute atomic E-state index is 0.0997. The maximum Gasteiger partial charge on any atom is 0.138 e. The second-order valence-corrected chi connectivity index (χ2v) is 4.40. The van der Waals surface area contributed by atoms with Gasteiger partial charge in [0.1, 0.15) is 17.5 Å². The highest BCUT2D eigenvalue weighted by Gasteiger charge is 2.11. The van der Waals surface area contributed by atoms with Gasteiger partial charge in [0.05, 0.1) is 12.3 Å². The third-order valence-electron chi connectivity index (χ3n) is 2.95. The fraction of sp³-hybridized carbons (Fsp3) is 0.385. The molecule has 0 unspecified atom stereocenters. The molecule has 0 atom stereocenters. The number of nitrogens with zero attached hydrogens (tertiary/aromatic N) is 4. The Morgan fingerprint density at radius 1 is 1.26 bits per heavy atom. The fourth-order valence-corrected chi connectivity index (χ4v) is 1.82. The number of rotatable bonds is 5. The van der Waals surface area contributed by atoms with Crippen molar-refractivity contribution in [3.8, 4) is 0 Å². The first-order chi connectivity index (χ1) is 9.11. The first-order valence-corrected chi connectivity index (χ1v) is 6.16. The molecule has 0 bridgehead atoms. The Hall–Kier alpha value is -2.08. The average molecular weight is 261 g/mol. The highest BCUT2D eigenvalue weighted by atomic mass is 16.3. The van der Waals surface area contributed by atoms with Crippen LogP contribution in [0.3, 0.4) is 0 Å². The molecule has 2 aromatic rings. The zero-order chi connectivity index (χ0) is 13.8. The first kappa shape index (κ1) is 13.4. The molecule has 6 heteroatoms. The molecule has 0 aromatic carbocycles. The molecular formula is C13H19N5O. The van der Waals surface area contributed by atoms with E-state index < -0.39 is 0 Å². The van der Waals surface area contributed by atoms with Gasteiger partial charge >= 0.3 is 0 Å². The van der Waals surface area contributed by atoms with Crippen LogP contribution in [0, 0.1) is 6.92 Å². The highest BCUT2D eigenvalue weighted by Crippen LogP contribution is 2.23. The van der Waals surface area contributed by atoms with Gasteiger partial charge in [0, 0.05) is 39.1 Å². The Balaban J connectivity index is 2.31. The first-order valence-electron chi connectivity index (χ1n) is 6.16. The van der Waals surface area contributed by atoms with Crippen molar-refractivity contribution in [2.75, 3.05) is 37.0 Å². The molecule has 0 spiro atoms. The molecule has 0 aliphatic heterocycles. The number of aliphatic hydroxyl groups is 1. The number of hydrogen-bond donors (Lipinski definition) is 2. The normalized spacial score (nSPS) is 10.5. The number of anilines is 3. The fourth-order valence-electron chi connectivity index (χ4n) is 1.82. The van der Waals surface area contributed by atoms with E-state index >= 15 is 0 Å². The maximum atomic E-state index is 9.00. The minimum Gasteiger partial charge on any atom is -0.395 e. The lowest BCUT2D eigenvalue weighted by Gasteiger charge is -2.21. The second kappa shape index (κ2) is 5.71. The van der Waals surface area contributed by atoms with Crippen LogP contribution in [0.25, 0.3) is 0 Å². The Morgan fingerprint density at radius 3 is 2.63 bits per heavy atom. The quantitative estimate of drug-likeness (QED) is 0.849. The summed E-state index contributed by atoms with van der Waals surface area (Å²) < 4.78 is 0. The van der Waals surface area contributed by atoms with Crippen LogP contribution < -0.4 is 9.80 Å². The van der Waals surface area contributed by atoms with Gasteiger partial charge in [-0.1, -0.05) is 0 Å². The Labute approximate surface area is 112 Å². The van der Waals surface area contributed by atoms with Gasteiger partial charge in [-0.3, -0.25) is 0 Å². The number of aromatic nitrogens is 3. The topological polar surface area (TPSA) is 68.3 Å². The van der Waals surface area contributed by atoms with E-state index in [-0.39, 0.29) is 6.61 Å². The average Bonchev–Trinajstić information content (AvgIpc) is 2.91. The number of aryl methyl sites for hydroxylation is 1. The van der Waals surface area contributed by atoms with Crippen molar-refractivity contribution >= 4 is 17.3 Å². The summed E-state index contributed by atoms with van der Waals surface area (Å²) in [6.45, 7) is 2.51. The Kier molecular flexibility index (Phi) is 4.01. The molecule has 6 nitrogen and oxygen atoms in total. The van der Waals surface area contributed by atoms with Gasteiger partial charge in [0.15, 0.2) is 0 Å². The van der Waals surface area contributed by atoms with Crippen LogP contribution in [0.2, 0.25) is 0 Å². The van der Waals surface area contributed by atoms with E-state index in [1.807, 2.05) is 55.3 Å². The lowest BCUT2D eigenvalue weighted by molar-refractivity contribution is 0.304. The van der Waals surface area contributed by atoms with Crippen LogP contribution in [-0.4, -0.2) is 47.3 Å². The lowest BCUT2D eigenvalue weighted by atomic mass is 10.4. The molecule has 0 saturated carbocycles. The third kappa shape index (κ3) is 3.03. The predicted octanol–water partition coefficient (Wildman–Crippen LogP) is 1.31. The smallest absolute Gasteiger partial charge is 0.138 e. The summed E-state index contributed by atoms with van der Waals surface area (Å²) >= 11 is 0. The van der Waals surface area contributed by atoms with E-state index in [1.165, 1.54) is 0 Å². The number of hydrogen-bond acceptors (Lipinski definition) is 5. The van der Waals surface area contributed by atoms with Crippen LogP contribution in [0.15, 0.2) is 24.5 Å². The summed E-state index contributed by atoms with van der Waals surface area (Å²) in [7, 11) is 3.86. The van der Waals surface area contributed by atoms with Crippen LogP contribution in [-0.2, 0) is 0 Å². The molecule has 0 radical (unpaired) electrons. The van der Waals surface area contributed by atoms with Gasteiger partial charge in [-0.15, -0.1) is 0 Å². The van der Waals surface area contributed by atoms with E-state index in [0.717, 1.165) is 17.3 Å². The van der Waals surface area contributed by atoms with Crippen molar-refractivity contribution in [1.82, 2.24) is 15.0 Å². The lowest BCUT2D eigenvalue weighted by Crippen LogP contribution is -2.23. The monoisotopic (exact) mass is 261 g/mol. The molecule has 102 valence electrons. The molecule has 0 amide bonds. The van der Waals surface area contributed by atoms with E-state index in [1.54, 1.807) is 0 Å². The zero-order valence-electron chi connectivity index (χ0n) is 11.5. The van der Waals surface area contributed by atoms with Gasteiger partial charge in [-0.2, -0.15) is 0 Å². The molecule has 2 N–H and O–H groups in total. The summed E-state index contributed by atoms with van der Waals surface area (Å²) in [5, 5.41) is 9.00. The summed E-state index contributed by atoms with van der Waals surface area (Å²) in [4.78, 5) is 15.7. The Morgan fingerprint density at radius 2 is 2.00 bits per heavy atom. The van der Waals surface area contributed by atoms with E-state index in [4.69, 9.17) is 5.11 Å². The van der Waals surface area contributed by atoms with Crippen molar-refractivity contribution in [1.29, 1.82) is 0 Å². The van der Waals surface area contributed by atoms with Crippen molar-refractivity contribution in [2.45, 2.75) is 6.92 Å². The van der Waals surface area contributed by atoms with Gasteiger partial charge in [-0.05, 0) is 13.0 Å². The SMILES string of the molecule is Cc1nc(N(C)CCO)cc(N(C)c2cc[nH]c2)n1. The number of aliphatic hydroxyl groups excluding tert-OH is 1. The zero-order valence-corrected chi connectivity index (χ0v) is 11.5. The van der Waals surface area contributed by atoms with E-state index in [0.29, 0.717) is 12.4 Å². The molecule has 2 rings (SSSR count). The maximum absolute atomic E-state index is 9.00. The molecular weight excluding hydrogens is 242 g/mol. The van der Waals surface area contributed by atoms with Crippen LogP contribution in [0.5, 0.6) is 0 Å². The van der Waals surface area contributed by atoms with Crippen molar-refractivity contribution in [3.05, 3.63) is 30.4 Å². The molecule has 0 aliphatic carbocycles. The Bertz CT molecular complexity index is 526. The minimum atomic E-state index is 0.0997. The molecule has 2 heterocycles. The van der Waals surface area contributed by atoms with E-state index in [2.05, 4.69) is 15.0 Å². The van der Waals surface area contributed by atoms with Crippen LogP contribution >= 0.6 is 0 Å². The van der Waals surface area contributed by atoms with Gasteiger partial charge in [0.2, 0.25) is 0 Å². The van der Waals surface area contributed by atoms with Gasteiger partial charge < -0.3 is 19.9 Å².